The number of hydrogen-bond acceptors (Lipinski definition) is 2. The van der Waals surface area contributed by atoms with Crippen LogP contribution in [0.2, 0.25) is 0 Å². The lowest BCUT2D eigenvalue weighted by Gasteiger charge is -2.23. The van der Waals surface area contributed by atoms with Crippen molar-refractivity contribution in [2.24, 2.45) is 5.92 Å². The molecule has 0 unspecified atom stereocenters. The minimum atomic E-state index is 0.179. The molecule has 0 radical (unpaired) electrons. The molecule has 0 atom stereocenters. The van der Waals surface area contributed by atoms with Gasteiger partial charge in [-0.2, -0.15) is 0 Å². The minimum absolute atomic E-state index is 0.179. The third-order valence-electron chi connectivity index (χ3n) is 3.68. The molecule has 1 amide bonds. The van der Waals surface area contributed by atoms with Gasteiger partial charge < -0.3 is 10.2 Å². The van der Waals surface area contributed by atoms with E-state index < -0.39 is 0 Å². The predicted octanol–water partition coefficient (Wildman–Crippen LogP) is 3.77. The van der Waals surface area contributed by atoms with E-state index in [1.54, 1.807) is 0 Å². The molecule has 20 heavy (non-hydrogen) atoms. The highest BCUT2D eigenvalue weighted by molar-refractivity contribution is 5.99. The molecule has 0 aliphatic heterocycles. The Morgan fingerprint density at radius 2 is 2.00 bits per heavy atom. The first kappa shape index (κ1) is 14.9. The molecule has 3 heteroatoms. The highest BCUT2D eigenvalue weighted by Gasteiger charge is 2.27. The fourth-order valence-electron chi connectivity index (χ4n) is 2.41. The maximum absolute atomic E-state index is 12.8. The number of carbonyl (C=O) groups excluding carboxylic acids is 1. The largest absolute Gasteiger partial charge is 0.384 e. The number of benzene rings is 1. The summed E-state index contributed by atoms with van der Waals surface area (Å²) in [7, 11) is 0. The number of rotatable bonds is 8. The smallest absolute Gasteiger partial charge is 0.255 e. The van der Waals surface area contributed by atoms with Crippen molar-refractivity contribution in [2.45, 2.75) is 39.5 Å². The van der Waals surface area contributed by atoms with Crippen molar-refractivity contribution < 1.29 is 4.79 Å². The van der Waals surface area contributed by atoms with Crippen molar-refractivity contribution in [1.82, 2.24) is 4.90 Å². The van der Waals surface area contributed by atoms with Gasteiger partial charge in [0.15, 0.2) is 0 Å². The second kappa shape index (κ2) is 7.32. The molecule has 0 spiro atoms. The summed E-state index contributed by atoms with van der Waals surface area (Å²) in [5.41, 5.74) is 1.78. The molecule has 1 fully saturated rings. The molecule has 0 saturated heterocycles. The maximum atomic E-state index is 12.8. The molecule has 1 aliphatic carbocycles. The van der Waals surface area contributed by atoms with E-state index in [1.807, 2.05) is 29.2 Å². The molecule has 0 bridgehead atoms. The molecular formula is C17H26N2O. The van der Waals surface area contributed by atoms with E-state index in [1.165, 1.54) is 12.8 Å². The Hall–Kier alpha value is -1.51. The van der Waals surface area contributed by atoms with Crippen LogP contribution in [0.15, 0.2) is 24.3 Å². The zero-order chi connectivity index (χ0) is 14.4. The van der Waals surface area contributed by atoms with Crippen LogP contribution in [-0.2, 0) is 0 Å². The van der Waals surface area contributed by atoms with Gasteiger partial charge in [0.1, 0.15) is 0 Å². The number of carbonyl (C=O) groups is 1. The van der Waals surface area contributed by atoms with Crippen LogP contribution in [0.5, 0.6) is 0 Å². The highest BCUT2D eigenvalue weighted by Crippen LogP contribution is 2.30. The lowest BCUT2D eigenvalue weighted by atomic mass is 10.1. The minimum Gasteiger partial charge on any atom is -0.384 e. The lowest BCUT2D eigenvalue weighted by Crippen LogP contribution is -2.34. The number of para-hydroxylation sites is 1. The topological polar surface area (TPSA) is 32.3 Å². The molecule has 1 aromatic rings. The van der Waals surface area contributed by atoms with E-state index in [0.717, 1.165) is 49.6 Å². The Kier molecular flexibility index (Phi) is 5.45. The summed E-state index contributed by atoms with van der Waals surface area (Å²) in [6, 6.07) is 7.88. The first-order chi connectivity index (χ1) is 9.76. The Labute approximate surface area is 122 Å². The van der Waals surface area contributed by atoms with Crippen LogP contribution in [0, 0.1) is 5.92 Å². The van der Waals surface area contributed by atoms with Gasteiger partial charge >= 0.3 is 0 Å². The standard InChI is InChI=1S/C17H26N2O/c1-3-11-18-16-8-6-5-7-15(16)17(20)19(12-4-2)13-14-9-10-14/h5-8,14,18H,3-4,9-13H2,1-2H3. The summed E-state index contributed by atoms with van der Waals surface area (Å²) >= 11 is 0. The normalized spacial score (nSPS) is 14.1. The van der Waals surface area contributed by atoms with Gasteiger partial charge in [-0.3, -0.25) is 4.79 Å². The van der Waals surface area contributed by atoms with Crippen LogP contribution in [-0.4, -0.2) is 30.4 Å². The van der Waals surface area contributed by atoms with E-state index in [9.17, 15) is 4.79 Å². The van der Waals surface area contributed by atoms with Crippen LogP contribution in [0.25, 0.3) is 0 Å². The molecule has 1 aromatic carbocycles. The van der Waals surface area contributed by atoms with Crippen molar-refractivity contribution in [3.63, 3.8) is 0 Å². The van der Waals surface area contributed by atoms with Gasteiger partial charge in [0.2, 0.25) is 0 Å². The Bertz CT molecular complexity index is 440. The van der Waals surface area contributed by atoms with Gasteiger partial charge in [-0.05, 0) is 43.7 Å². The number of anilines is 1. The zero-order valence-electron chi connectivity index (χ0n) is 12.7. The van der Waals surface area contributed by atoms with Gasteiger partial charge in [0.05, 0.1) is 5.56 Å². The molecule has 2 rings (SSSR count). The van der Waals surface area contributed by atoms with Crippen LogP contribution in [0.4, 0.5) is 5.69 Å². The van der Waals surface area contributed by atoms with Crippen LogP contribution in [0.3, 0.4) is 0 Å². The van der Waals surface area contributed by atoms with Gasteiger partial charge in [-0.1, -0.05) is 26.0 Å². The van der Waals surface area contributed by atoms with Gasteiger partial charge in [0.25, 0.3) is 5.91 Å². The maximum Gasteiger partial charge on any atom is 0.255 e. The van der Waals surface area contributed by atoms with E-state index in [0.29, 0.717) is 0 Å². The average molecular weight is 274 g/mol. The number of amides is 1. The molecule has 1 N–H and O–H groups in total. The molecule has 110 valence electrons. The molecular weight excluding hydrogens is 248 g/mol. The average Bonchev–Trinajstić information content (AvgIpc) is 3.28. The van der Waals surface area contributed by atoms with E-state index >= 15 is 0 Å². The van der Waals surface area contributed by atoms with Crippen LogP contribution in [0.1, 0.15) is 49.9 Å². The second-order valence-corrected chi connectivity index (χ2v) is 5.67. The van der Waals surface area contributed by atoms with Crippen molar-refractivity contribution >= 4 is 11.6 Å². The summed E-state index contributed by atoms with van der Waals surface area (Å²) in [6.07, 6.45) is 4.64. The summed E-state index contributed by atoms with van der Waals surface area (Å²) in [6.45, 7) is 6.95. The predicted molar refractivity (Wildman–Crippen MR) is 84.1 cm³/mol. The molecule has 1 aliphatic rings. The Balaban J connectivity index is 2.12. The summed E-state index contributed by atoms with van der Waals surface area (Å²) < 4.78 is 0. The first-order valence-corrected chi connectivity index (χ1v) is 7.88. The second-order valence-electron chi connectivity index (χ2n) is 5.67. The summed E-state index contributed by atoms with van der Waals surface area (Å²) in [4.78, 5) is 14.8. The molecule has 0 aromatic heterocycles. The Morgan fingerprint density at radius 3 is 2.65 bits per heavy atom. The SMILES string of the molecule is CCCNc1ccccc1C(=O)N(CCC)CC1CC1. The molecule has 0 heterocycles. The monoisotopic (exact) mass is 274 g/mol. The van der Waals surface area contributed by atoms with E-state index in [-0.39, 0.29) is 5.91 Å². The number of nitrogens with one attached hydrogen (secondary N) is 1. The third-order valence-corrected chi connectivity index (χ3v) is 3.68. The van der Waals surface area contributed by atoms with Gasteiger partial charge in [-0.15, -0.1) is 0 Å². The number of hydrogen-bond donors (Lipinski definition) is 1. The summed E-state index contributed by atoms with van der Waals surface area (Å²) in [5.74, 6) is 0.916. The lowest BCUT2D eigenvalue weighted by molar-refractivity contribution is 0.0748. The van der Waals surface area contributed by atoms with Gasteiger partial charge in [-0.25, -0.2) is 0 Å². The summed E-state index contributed by atoms with van der Waals surface area (Å²) in [5, 5.41) is 3.36. The van der Waals surface area contributed by atoms with Crippen molar-refractivity contribution in [2.75, 3.05) is 25.0 Å². The quantitative estimate of drug-likeness (QED) is 0.782. The zero-order valence-corrected chi connectivity index (χ0v) is 12.7. The highest BCUT2D eigenvalue weighted by atomic mass is 16.2. The van der Waals surface area contributed by atoms with E-state index in [4.69, 9.17) is 0 Å². The van der Waals surface area contributed by atoms with Gasteiger partial charge in [0, 0.05) is 25.3 Å². The van der Waals surface area contributed by atoms with Crippen LogP contribution >= 0.6 is 0 Å². The Morgan fingerprint density at radius 1 is 1.25 bits per heavy atom. The number of nitrogens with zero attached hydrogens (tertiary/aromatic N) is 1. The fraction of sp³-hybridized carbons (Fsp3) is 0.588. The molecule has 3 nitrogen and oxygen atoms in total. The van der Waals surface area contributed by atoms with Crippen LogP contribution < -0.4 is 5.32 Å². The van der Waals surface area contributed by atoms with E-state index in [2.05, 4.69) is 19.2 Å². The van der Waals surface area contributed by atoms with Crippen molar-refractivity contribution in [1.29, 1.82) is 0 Å². The molecule has 1 saturated carbocycles. The first-order valence-electron chi connectivity index (χ1n) is 7.88. The van der Waals surface area contributed by atoms with Crippen molar-refractivity contribution in [3.05, 3.63) is 29.8 Å². The third kappa shape index (κ3) is 3.99. The fourth-order valence-corrected chi connectivity index (χ4v) is 2.41. The van der Waals surface area contributed by atoms with Crippen molar-refractivity contribution in [3.8, 4) is 0 Å².